The van der Waals surface area contributed by atoms with Crippen LogP contribution in [-0.4, -0.2) is 19.5 Å². The Bertz CT molecular complexity index is 3140. The molecule has 10 aromatic rings. The minimum atomic E-state index is -0.310. The molecule has 0 saturated heterocycles. The summed E-state index contributed by atoms with van der Waals surface area (Å²) in [5.74, 6) is 1.27. The predicted molar refractivity (Wildman–Crippen MR) is 236 cm³/mol. The number of nitrogens with zero attached hydrogens (tertiary/aromatic N) is 6. The van der Waals surface area contributed by atoms with E-state index in [0.29, 0.717) is 28.6 Å². The lowest BCUT2D eigenvalue weighted by atomic mass is 10.0. The number of hydrogen-bond donors (Lipinski definition) is 0. The molecular formula is C53H31FN6. The van der Waals surface area contributed by atoms with Gasteiger partial charge in [0.15, 0.2) is 17.5 Å². The molecule has 0 aliphatic rings. The van der Waals surface area contributed by atoms with Crippen LogP contribution in [0.1, 0.15) is 11.1 Å². The summed E-state index contributed by atoms with van der Waals surface area (Å²) >= 11 is 0. The van der Waals surface area contributed by atoms with Crippen LogP contribution in [0.15, 0.2) is 188 Å². The van der Waals surface area contributed by atoms with E-state index >= 15 is 0 Å². The Morgan fingerprint density at radius 1 is 0.383 bits per heavy atom. The molecule has 60 heavy (non-hydrogen) atoms. The van der Waals surface area contributed by atoms with E-state index in [4.69, 9.17) is 15.0 Å². The number of rotatable bonds is 7. The second-order valence-electron chi connectivity index (χ2n) is 14.5. The molecule has 0 bridgehead atoms. The fraction of sp³-hybridized carbons (Fsp3) is 0. The first kappa shape index (κ1) is 35.9. The lowest BCUT2D eigenvalue weighted by Crippen LogP contribution is -2.04. The van der Waals surface area contributed by atoms with Gasteiger partial charge < -0.3 is 4.57 Å². The molecular weight excluding hydrogens is 740 g/mol. The molecule has 280 valence electrons. The van der Waals surface area contributed by atoms with Gasteiger partial charge in [0.05, 0.1) is 40.0 Å². The van der Waals surface area contributed by atoms with Crippen molar-refractivity contribution >= 4 is 21.8 Å². The van der Waals surface area contributed by atoms with E-state index in [9.17, 15) is 14.9 Å². The van der Waals surface area contributed by atoms with Gasteiger partial charge in [-0.3, -0.25) is 0 Å². The average Bonchev–Trinajstić information content (AvgIpc) is 3.65. The standard InChI is InChI=1S/C53H31FN6/c54-44-24-19-38(20-25-44)43-23-28-47(53-58-51(39-7-3-1-4-8-39)57-52(59-53)40-9-5-2-6-10-40)50(31-43)60-48-29-41(36-15-11-34(32-55)12-16-36)21-26-45(48)46-27-22-42(30-49(46)60)37-17-13-35(33-56)14-18-37/h1-31H. The Kier molecular flexibility index (Phi) is 9.02. The third-order valence-corrected chi connectivity index (χ3v) is 10.8. The summed E-state index contributed by atoms with van der Waals surface area (Å²) in [6.45, 7) is 0. The molecule has 8 aromatic carbocycles. The SMILES string of the molecule is N#Cc1ccc(-c2ccc3c4ccc(-c5ccc(C#N)cc5)cc4n(-c4cc(-c5ccc(F)cc5)ccc4-c4nc(-c5ccccc5)nc(-c5ccccc5)n4)c3c2)cc1. The highest BCUT2D eigenvalue weighted by Gasteiger charge is 2.21. The topological polar surface area (TPSA) is 91.2 Å². The lowest BCUT2D eigenvalue weighted by molar-refractivity contribution is 0.628. The van der Waals surface area contributed by atoms with Gasteiger partial charge in [0, 0.05) is 27.5 Å². The summed E-state index contributed by atoms with van der Waals surface area (Å²) in [6.07, 6.45) is 0. The number of nitriles is 2. The van der Waals surface area contributed by atoms with E-state index in [-0.39, 0.29) is 5.82 Å². The maximum absolute atomic E-state index is 14.3. The number of fused-ring (bicyclic) bond motifs is 3. The lowest BCUT2D eigenvalue weighted by Gasteiger charge is -2.17. The number of hydrogen-bond acceptors (Lipinski definition) is 5. The van der Waals surface area contributed by atoms with E-state index in [1.165, 1.54) is 12.1 Å². The molecule has 0 amide bonds. The van der Waals surface area contributed by atoms with E-state index in [2.05, 4.69) is 59.2 Å². The molecule has 0 aliphatic heterocycles. The summed E-state index contributed by atoms with van der Waals surface area (Å²) < 4.78 is 16.5. The molecule has 0 spiro atoms. The van der Waals surface area contributed by atoms with Crippen molar-refractivity contribution in [3.05, 3.63) is 205 Å². The maximum atomic E-state index is 14.3. The van der Waals surface area contributed by atoms with Gasteiger partial charge in [0.2, 0.25) is 0 Å². The zero-order valence-electron chi connectivity index (χ0n) is 32.0. The zero-order valence-corrected chi connectivity index (χ0v) is 32.0. The molecule has 0 atom stereocenters. The first-order valence-electron chi connectivity index (χ1n) is 19.4. The van der Waals surface area contributed by atoms with Crippen molar-refractivity contribution in [2.45, 2.75) is 0 Å². The van der Waals surface area contributed by atoms with Crippen molar-refractivity contribution in [1.29, 1.82) is 10.5 Å². The molecule has 0 fully saturated rings. The van der Waals surface area contributed by atoms with Crippen LogP contribution >= 0.6 is 0 Å². The number of benzene rings is 8. The largest absolute Gasteiger partial charge is 0.308 e. The molecule has 0 unspecified atom stereocenters. The predicted octanol–water partition coefficient (Wildman–Crippen LogP) is 12.9. The minimum Gasteiger partial charge on any atom is -0.308 e. The fourth-order valence-electron chi connectivity index (χ4n) is 7.77. The molecule has 7 heteroatoms. The van der Waals surface area contributed by atoms with E-state index in [1.807, 2.05) is 121 Å². The summed E-state index contributed by atoms with van der Waals surface area (Å²) in [4.78, 5) is 15.3. The van der Waals surface area contributed by atoms with Gasteiger partial charge in [-0.05, 0) is 94.0 Å². The first-order chi connectivity index (χ1) is 29.5. The number of aromatic nitrogens is 4. The van der Waals surface area contributed by atoms with Crippen molar-refractivity contribution in [1.82, 2.24) is 19.5 Å². The fourth-order valence-corrected chi connectivity index (χ4v) is 7.77. The van der Waals surface area contributed by atoms with Crippen LogP contribution in [0.25, 0.3) is 95.0 Å². The molecule has 2 aromatic heterocycles. The van der Waals surface area contributed by atoms with Crippen LogP contribution < -0.4 is 0 Å². The maximum Gasteiger partial charge on any atom is 0.166 e. The quantitative estimate of drug-likeness (QED) is 0.161. The Morgan fingerprint density at radius 3 is 1.25 bits per heavy atom. The van der Waals surface area contributed by atoms with Crippen molar-refractivity contribution < 1.29 is 4.39 Å². The van der Waals surface area contributed by atoms with Gasteiger partial charge in [-0.25, -0.2) is 19.3 Å². The van der Waals surface area contributed by atoms with Crippen LogP contribution in [0.3, 0.4) is 0 Å². The van der Waals surface area contributed by atoms with Gasteiger partial charge >= 0.3 is 0 Å². The van der Waals surface area contributed by atoms with Gasteiger partial charge in [0.1, 0.15) is 5.82 Å². The summed E-state index contributed by atoms with van der Waals surface area (Å²) in [7, 11) is 0. The van der Waals surface area contributed by atoms with Crippen LogP contribution in [0.4, 0.5) is 4.39 Å². The molecule has 6 nitrogen and oxygen atoms in total. The summed E-state index contributed by atoms with van der Waals surface area (Å²) in [6, 6.07) is 65.1. The highest BCUT2D eigenvalue weighted by atomic mass is 19.1. The second kappa shape index (κ2) is 15.1. The van der Waals surface area contributed by atoms with Gasteiger partial charge in [0.25, 0.3) is 0 Å². The van der Waals surface area contributed by atoms with Crippen LogP contribution in [-0.2, 0) is 0 Å². The highest BCUT2D eigenvalue weighted by molar-refractivity contribution is 6.11. The van der Waals surface area contributed by atoms with Gasteiger partial charge in [-0.1, -0.05) is 127 Å². The first-order valence-corrected chi connectivity index (χ1v) is 19.4. The van der Waals surface area contributed by atoms with E-state index in [1.54, 1.807) is 12.1 Å². The molecule has 0 saturated carbocycles. The third kappa shape index (κ3) is 6.63. The zero-order chi connectivity index (χ0) is 40.6. The molecule has 0 radical (unpaired) electrons. The molecule has 10 rings (SSSR count). The number of halogens is 1. The Hall–Kier alpha value is -8.52. The Morgan fingerprint density at radius 2 is 0.783 bits per heavy atom. The van der Waals surface area contributed by atoms with Crippen molar-refractivity contribution in [2.75, 3.05) is 0 Å². The van der Waals surface area contributed by atoms with Crippen LogP contribution in [0.5, 0.6) is 0 Å². The van der Waals surface area contributed by atoms with Gasteiger partial charge in [-0.2, -0.15) is 10.5 Å². The van der Waals surface area contributed by atoms with Crippen LogP contribution in [0.2, 0.25) is 0 Å². The van der Waals surface area contributed by atoms with E-state index in [0.717, 1.165) is 77.6 Å². The van der Waals surface area contributed by atoms with Crippen molar-refractivity contribution in [3.8, 4) is 85.4 Å². The molecule has 0 N–H and O–H groups in total. The normalized spacial score (nSPS) is 11.1. The Balaban J connectivity index is 1.30. The molecule has 0 aliphatic carbocycles. The van der Waals surface area contributed by atoms with Crippen LogP contribution in [0, 0.1) is 28.5 Å². The average molecular weight is 771 g/mol. The summed E-state index contributed by atoms with van der Waals surface area (Å²) in [5.41, 5.74) is 12.0. The van der Waals surface area contributed by atoms with Crippen molar-refractivity contribution in [2.24, 2.45) is 0 Å². The Labute approximate surface area is 345 Å². The molecule has 2 heterocycles. The van der Waals surface area contributed by atoms with Crippen molar-refractivity contribution in [3.63, 3.8) is 0 Å². The third-order valence-electron chi connectivity index (χ3n) is 10.8. The minimum absolute atomic E-state index is 0.310. The second-order valence-corrected chi connectivity index (χ2v) is 14.5. The highest BCUT2D eigenvalue weighted by Crippen LogP contribution is 2.41. The monoisotopic (exact) mass is 770 g/mol. The van der Waals surface area contributed by atoms with E-state index < -0.39 is 0 Å². The smallest absolute Gasteiger partial charge is 0.166 e. The summed E-state index contributed by atoms with van der Waals surface area (Å²) in [5, 5.41) is 21.1. The van der Waals surface area contributed by atoms with Gasteiger partial charge in [-0.15, -0.1) is 0 Å².